The Kier molecular flexibility index (Phi) is 14.2. The Balaban J connectivity index is 4.55. The molecule has 0 bridgehead atoms. The second-order valence-electron chi connectivity index (χ2n) is 6.18. The first-order chi connectivity index (χ1) is 12.0. The maximum Gasteiger partial charge on any atom is 0.500 e. The molecule has 0 rings (SSSR count). The van der Waals surface area contributed by atoms with Crippen molar-refractivity contribution in [3.8, 4) is 0 Å². The number of aliphatic imine (C=N–C) groups is 2. The van der Waals surface area contributed by atoms with Crippen LogP contribution in [0.15, 0.2) is 9.98 Å². The van der Waals surface area contributed by atoms with Crippen LogP contribution in [0.3, 0.4) is 0 Å². The van der Waals surface area contributed by atoms with Crippen LogP contribution >= 0.6 is 0 Å². The highest BCUT2D eigenvalue weighted by Gasteiger charge is 2.36. The lowest BCUT2D eigenvalue weighted by Crippen LogP contribution is -2.43. The molecule has 0 saturated carbocycles. The van der Waals surface area contributed by atoms with Gasteiger partial charge in [0.15, 0.2) is 0 Å². The van der Waals surface area contributed by atoms with E-state index in [2.05, 4.69) is 42.6 Å². The monoisotopic (exact) mass is 373 g/mol. The summed E-state index contributed by atoms with van der Waals surface area (Å²) in [6, 6.07) is 0.821. The van der Waals surface area contributed by atoms with Gasteiger partial charge in [-0.15, -0.1) is 0 Å². The molecule has 0 unspecified atom stereocenters. The van der Waals surface area contributed by atoms with Crippen LogP contribution in [-0.2, 0) is 13.3 Å². The molecule has 0 aliphatic heterocycles. The Hall–Kier alpha value is -0.603. The molecular weight excluding hydrogens is 334 g/mol. The van der Waals surface area contributed by atoms with Crippen molar-refractivity contribution in [3.05, 3.63) is 0 Å². The third kappa shape index (κ3) is 10.9. The molecule has 6 nitrogen and oxygen atoms in total. The van der Waals surface area contributed by atoms with Crippen molar-refractivity contribution in [2.45, 2.75) is 53.0 Å². The molecule has 0 aromatic rings. The predicted octanol–water partition coefficient (Wildman–Crippen LogP) is 3.30. The van der Waals surface area contributed by atoms with Crippen molar-refractivity contribution in [2.75, 3.05) is 54.1 Å². The van der Waals surface area contributed by atoms with E-state index >= 15 is 0 Å². The summed E-state index contributed by atoms with van der Waals surface area (Å²) in [5.41, 5.74) is 2.42. The van der Waals surface area contributed by atoms with Crippen molar-refractivity contribution in [1.82, 2.24) is 4.90 Å². The molecule has 0 aliphatic carbocycles. The zero-order chi connectivity index (χ0) is 19.1. The molecule has 0 heterocycles. The first-order valence-electron chi connectivity index (χ1n) is 9.34. The quantitative estimate of drug-likeness (QED) is 0.326. The van der Waals surface area contributed by atoms with Gasteiger partial charge in [0.1, 0.15) is 0 Å². The molecule has 148 valence electrons. The maximum atomic E-state index is 5.50. The SMILES string of the molecule is CCC(C)=NCCN(CCC[Si](OC)(OC)OC)CCN=C(C)CC. The van der Waals surface area contributed by atoms with Crippen LogP contribution < -0.4 is 0 Å². The average Bonchev–Trinajstić information content (AvgIpc) is 2.64. The minimum absolute atomic E-state index is 0.821. The molecule has 0 fully saturated rings. The molecular formula is C18H39N3O3Si. The van der Waals surface area contributed by atoms with Gasteiger partial charge in [0.25, 0.3) is 0 Å². The van der Waals surface area contributed by atoms with E-state index in [4.69, 9.17) is 13.3 Å². The Morgan fingerprint density at radius 1 is 0.800 bits per heavy atom. The van der Waals surface area contributed by atoms with E-state index in [9.17, 15) is 0 Å². The normalized spacial score (nSPS) is 13.8. The minimum Gasteiger partial charge on any atom is -0.377 e. The van der Waals surface area contributed by atoms with Gasteiger partial charge in [-0.05, 0) is 39.7 Å². The molecule has 0 aromatic carbocycles. The Bertz CT molecular complexity index is 367. The maximum absolute atomic E-state index is 5.50. The van der Waals surface area contributed by atoms with E-state index in [0.717, 1.165) is 58.0 Å². The second-order valence-corrected chi connectivity index (χ2v) is 9.27. The fourth-order valence-corrected chi connectivity index (χ4v) is 4.10. The van der Waals surface area contributed by atoms with Gasteiger partial charge in [-0.2, -0.15) is 0 Å². The number of hydrogen-bond donors (Lipinski definition) is 0. The molecule has 0 atom stereocenters. The van der Waals surface area contributed by atoms with Crippen molar-refractivity contribution in [3.63, 3.8) is 0 Å². The number of rotatable bonds is 15. The molecule has 25 heavy (non-hydrogen) atoms. The molecule has 7 heteroatoms. The summed E-state index contributed by atoms with van der Waals surface area (Å²) >= 11 is 0. The average molecular weight is 374 g/mol. The lowest BCUT2D eigenvalue weighted by atomic mass is 10.3. The van der Waals surface area contributed by atoms with E-state index in [1.165, 1.54) is 11.4 Å². The van der Waals surface area contributed by atoms with Gasteiger partial charge in [-0.1, -0.05) is 13.8 Å². The van der Waals surface area contributed by atoms with Crippen LogP contribution in [0.1, 0.15) is 47.0 Å². The fourth-order valence-electron chi connectivity index (χ4n) is 2.40. The van der Waals surface area contributed by atoms with E-state index in [0.29, 0.717) is 0 Å². The number of nitrogens with zero attached hydrogens (tertiary/aromatic N) is 3. The summed E-state index contributed by atoms with van der Waals surface area (Å²) in [4.78, 5) is 11.7. The van der Waals surface area contributed by atoms with Gasteiger partial charge >= 0.3 is 8.80 Å². The van der Waals surface area contributed by atoms with Crippen molar-refractivity contribution < 1.29 is 13.3 Å². The molecule has 0 saturated heterocycles. The van der Waals surface area contributed by atoms with Crippen LogP contribution in [0.4, 0.5) is 0 Å². The van der Waals surface area contributed by atoms with E-state index in [1.54, 1.807) is 21.3 Å². The minimum atomic E-state index is -2.48. The summed E-state index contributed by atoms with van der Waals surface area (Å²) in [7, 11) is 2.53. The summed E-state index contributed by atoms with van der Waals surface area (Å²) in [6.07, 6.45) is 3.02. The zero-order valence-corrected chi connectivity index (χ0v) is 18.4. The van der Waals surface area contributed by atoms with E-state index in [-0.39, 0.29) is 0 Å². The van der Waals surface area contributed by atoms with Gasteiger partial charge in [-0.25, -0.2) is 0 Å². The largest absolute Gasteiger partial charge is 0.500 e. The second kappa shape index (κ2) is 14.6. The standard InChI is InChI=1S/C18H39N3O3Si/c1-8-17(3)19-11-14-21(15-12-20-18(4)9-2)13-10-16-25(22-5,23-6)24-7/h8-16H2,1-7H3. The molecule has 0 N–H and O–H groups in total. The fraction of sp³-hybridized carbons (Fsp3) is 0.889. The van der Waals surface area contributed by atoms with E-state index < -0.39 is 8.80 Å². The summed E-state index contributed by atoms with van der Waals surface area (Å²) in [6.45, 7) is 13.1. The summed E-state index contributed by atoms with van der Waals surface area (Å²) in [5, 5.41) is 0. The third-order valence-electron chi connectivity index (χ3n) is 4.51. The summed E-state index contributed by atoms with van der Waals surface area (Å²) < 4.78 is 16.5. The van der Waals surface area contributed by atoms with Crippen molar-refractivity contribution >= 4 is 20.2 Å². The van der Waals surface area contributed by atoms with Gasteiger partial charge in [-0.3, -0.25) is 14.9 Å². The predicted molar refractivity (Wildman–Crippen MR) is 109 cm³/mol. The lowest BCUT2D eigenvalue weighted by Gasteiger charge is -2.26. The first kappa shape index (κ1) is 24.4. The Morgan fingerprint density at radius 2 is 1.24 bits per heavy atom. The Morgan fingerprint density at radius 3 is 1.60 bits per heavy atom. The highest BCUT2D eigenvalue weighted by molar-refractivity contribution is 6.60. The molecule has 0 aliphatic rings. The zero-order valence-electron chi connectivity index (χ0n) is 17.4. The smallest absolute Gasteiger partial charge is 0.377 e. The van der Waals surface area contributed by atoms with Gasteiger partial charge in [0, 0.05) is 51.9 Å². The molecule has 0 spiro atoms. The lowest BCUT2D eigenvalue weighted by molar-refractivity contribution is 0.121. The Labute approximate surface area is 156 Å². The first-order valence-corrected chi connectivity index (χ1v) is 11.3. The molecule has 0 amide bonds. The van der Waals surface area contributed by atoms with Crippen LogP contribution in [0.2, 0.25) is 6.04 Å². The van der Waals surface area contributed by atoms with Gasteiger partial charge < -0.3 is 13.3 Å². The highest BCUT2D eigenvalue weighted by Crippen LogP contribution is 2.15. The van der Waals surface area contributed by atoms with Crippen LogP contribution in [0.25, 0.3) is 0 Å². The van der Waals surface area contributed by atoms with Gasteiger partial charge in [0.2, 0.25) is 0 Å². The van der Waals surface area contributed by atoms with Gasteiger partial charge in [0.05, 0.1) is 13.1 Å². The topological polar surface area (TPSA) is 55.7 Å². The van der Waals surface area contributed by atoms with Crippen molar-refractivity contribution in [2.24, 2.45) is 9.98 Å². The number of hydrogen-bond acceptors (Lipinski definition) is 6. The molecule has 0 aromatic heterocycles. The van der Waals surface area contributed by atoms with Crippen LogP contribution in [0.5, 0.6) is 0 Å². The molecule has 0 radical (unpaired) electrons. The van der Waals surface area contributed by atoms with Crippen LogP contribution in [0, 0.1) is 0 Å². The third-order valence-corrected chi connectivity index (χ3v) is 7.34. The van der Waals surface area contributed by atoms with Crippen molar-refractivity contribution in [1.29, 1.82) is 0 Å². The van der Waals surface area contributed by atoms with Crippen LogP contribution in [-0.4, -0.2) is 79.2 Å². The summed E-state index contributed by atoms with van der Waals surface area (Å²) in [5.74, 6) is 0. The highest BCUT2D eigenvalue weighted by atomic mass is 28.4. The van der Waals surface area contributed by atoms with E-state index in [1.807, 2.05) is 0 Å².